The van der Waals surface area contributed by atoms with E-state index in [9.17, 15) is 0 Å². The molecule has 0 spiro atoms. The van der Waals surface area contributed by atoms with E-state index in [1.807, 2.05) is 19.2 Å². The van der Waals surface area contributed by atoms with Gasteiger partial charge < -0.3 is 5.32 Å². The van der Waals surface area contributed by atoms with Gasteiger partial charge in [-0.3, -0.25) is 0 Å². The van der Waals surface area contributed by atoms with Crippen LogP contribution in [0.3, 0.4) is 0 Å². The van der Waals surface area contributed by atoms with Crippen molar-refractivity contribution in [1.29, 1.82) is 0 Å². The second-order valence-corrected chi connectivity index (χ2v) is 4.25. The molecule has 12 heavy (non-hydrogen) atoms. The number of halogens is 1. The summed E-state index contributed by atoms with van der Waals surface area (Å²) in [6.07, 6.45) is 2.85. The van der Waals surface area contributed by atoms with Crippen molar-refractivity contribution >= 4 is 22.9 Å². The first kappa shape index (κ1) is 9.78. The van der Waals surface area contributed by atoms with E-state index >= 15 is 0 Å². The Kier molecular flexibility index (Phi) is 3.79. The summed E-state index contributed by atoms with van der Waals surface area (Å²) in [5.74, 6) is 0. The monoisotopic (exact) mass is 201 g/mol. The van der Waals surface area contributed by atoms with E-state index in [0.717, 1.165) is 10.8 Å². The zero-order valence-corrected chi connectivity index (χ0v) is 8.58. The van der Waals surface area contributed by atoms with Crippen molar-refractivity contribution in [2.45, 2.75) is 12.5 Å². The third-order valence-corrected chi connectivity index (χ3v) is 3.03. The summed E-state index contributed by atoms with van der Waals surface area (Å²) in [5.41, 5.74) is 0. The van der Waals surface area contributed by atoms with Crippen LogP contribution in [0.1, 0.15) is 17.3 Å². The highest BCUT2D eigenvalue weighted by atomic mass is 35.5. The SMILES string of the molecule is C=CCC(NC)c1ccc(Cl)s1. The van der Waals surface area contributed by atoms with Crippen LogP contribution in [0.5, 0.6) is 0 Å². The molecule has 1 N–H and O–H groups in total. The van der Waals surface area contributed by atoms with Gasteiger partial charge in [-0.1, -0.05) is 17.7 Å². The van der Waals surface area contributed by atoms with Crippen LogP contribution >= 0.6 is 22.9 Å². The summed E-state index contributed by atoms with van der Waals surface area (Å²) in [6.45, 7) is 3.71. The topological polar surface area (TPSA) is 12.0 Å². The molecular formula is C9H12ClNS. The third-order valence-electron chi connectivity index (χ3n) is 1.69. The lowest BCUT2D eigenvalue weighted by molar-refractivity contribution is 0.614. The lowest BCUT2D eigenvalue weighted by atomic mass is 10.2. The Bertz CT molecular complexity index is 257. The van der Waals surface area contributed by atoms with E-state index in [4.69, 9.17) is 11.6 Å². The number of hydrogen-bond acceptors (Lipinski definition) is 2. The number of hydrogen-bond donors (Lipinski definition) is 1. The van der Waals surface area contributed by atoms with Gasteiger partial charge in [0.05, 0.1) is 4.34 Å². The van der Waals surface area contributed by atoms with Gasteiger partial charge in [0.2, 0.25) is 0 Å². The van der Waals surface area contributed by atoms with E-state index < -0.39 is 0 Å². The van der Waals surface area contributed by atoms with E-state index in [2.05, 4.69) is 18.0 Å². The molecule has 1 nitrogen and oxygen atoms in total. The summed E-state index contributed by atoms with van der Waals surface area (Å²) >= 11 is 7.44. The van der Waals surface area contributed by atoms with Gasteiger partial charge in [0.1, 0.15) is 0 Å². The minimum Gasteiger partial charge on any atom is -0.312 e. The second-order valence-electron chi connectivity index (χ2n) is 2.51. The van der Waals surface area contributed by atoms with Crippen LogP contribution in [0.4, 0.5) is 0 Å². The Morgan fingerprint density at radius 1 is 1.75 bits per heavy atom. The first-order valence-corrected chi connectivity index (χ1v) is 5.00. The Hall–Kier alpha value is -0.310. The molecule has 66 valence electrons. The van der Waals surface area contributed by atoms with Gasteiger partial charge in [-0.25, -0.2) is 0 Å². The Morgan fingerprint density at radius 3 is 2.92 bits per heavy atom. The fourth-order valence-electron chi connectivity index (χ4n) is 1.06. The minimum atomic E-state index is 0.361. The van der Waals surface area contributed by atoms with Crippen LogP contribution in [0.15, 0.2) is 24.8 Å². The fraction of sp³-hybridized carbons (Fsp3) is 0.333. The molecule has 0 aromatic carbocycles. The van der Waals surface area contributed by atoms with Crippen molar-refractivity contribution in [3.8, 4) is 0 Å². The molecular weight excluding hydrogens is 190 g/mol. The van der Waals surface area contributed by atoms with Crippen LogP contribution in [-0.2, 0) is 0 Å². The van der Waals surface area contributed by atoms with Crippen LogP contribution in [0.25, 0.3) is 0 Å². The predicted molar refractivity (Wildman–Crippen MR) is 55.9 cm³/mol. The zero-order chi connectivity index (χ0) is 8.97. The summed E-state index contributed by atoms with van der Waals surface area (Å²) in [7, 11) is 1.95. The van der Waals surface area contributed by atoms with Crippen LogP contribution in [0.2, 0.25) is 4.34 Å². The average Bonchev–Trinajstić information content (AvgIpc) is 2.47. The van der Waals surface area contributed by atoms with E-state index in [1.165, 1.54) is 4.88 Å². The average molecular weight is 202 g/mol. The first-order chi connectivity index (χ1) is 5.77. The van der Waals surface area contributed by atoms with Crippen molar-refractivity contribution in [2.24, 2.45) is 0 Å². The molecule has 0 aliphatic heterocycles. The molecule has 3 heteroatoms. The van der Waals surface area contributed by atoms with Gasteiger partial charge in [-0.15, -0.1) is 17.9 Å². The highest BCUT2D eigenvalue weighted by Crippen LogP contribution is 2.28. The molecule has 0 saturated carbocycles. The van der Waals surface area contributed by atoms with Gasteiger partial charge in [-0.2, -0.15) is 0 Å². The van der Waals surface area contributed by atoms with Crippen molar-refractivity contribution in [2.75, 3.05) is 7.05 Å². The molecule has 0 bridgehead atoms. The van der Waals surface area contributed by atoms with Gasteiger partial charge in [0.25, 0.3) is 0 Å². The predicted octanol–water partition coefficient (Wildman–Crippen LogP) is 3.24. The first-order valence-electron chi connectivity index (χ1n) is 3.81. The molecule has 0 aliphatic rings. The number of thiophene rings is 1. The Labute approximate surface area is 82.1 Å². The summed E-state index contributed by atoms with van der Waals surface area (Å²) in [4.78, 5) is 1.27. The normalized spacial score (nSPS) is 12.8. The maximum atomic E-state index is 5.83. The smallest absolute Gasteiger partial charge is 0.0931 e. The molecule has 1 aromatic rings. The van der Waals surface area contributed by atoms with Crippen LogP contribution in [0, 0.1) is 0 Å². The molecule has 1 rings (SSSR count). The maximum Gasteiger partial charge on any atom is 0.0931 e. The molecule has 1 heterocycles. The molecule has 0 saturated heterocycles. The van der Waals surface area contributed by atoms with Gasteiger partial charge in [0.15, 0.2) is 0 Å². The van der Waals surface area contributed by atoms with Gasteiger partial charge in [-0.05, 0) is 25.6 Å². The van der Waals surface area contributed by atoms with Crippen LogP contribution < -0.4 is 5.32 Å². The van der Waals surface area contributed by atoms with Crippen molar-refractivity contribution < 1.29 is 0 Å². The Morgan fingerprint density at radius 2 is 2.50 bits per heavy atom. The summed E-state index contributed by atoms with van der Waals surface area (Å²) in [5, 5.41) is 3.21. The highest BCUT2D eigenvalue weighted by Gasteiger charge is 2.08. The number of nitrogens with one attached hydrogen (secondary N) is 1. The zero-order valence-electron chi connectivity index (χ0n) is 7.01. The molecule has 1 atom stereocenters. The van der Waals surface area contributed by atoms with Gasteiger partial charge >= 0.3 is 0 Å². The maximum absolute atomic E-state index is 5.83. The lowest BCUT2D eigenvalue weighted by Crippen LogP contribution is -2.13. The van der Waals surface area contributed by atoms with E-state index in [1.54, 1.807) is 11.3 Å². The molecule has 1 aromatic heterocycles. The van der Waals surface area contributed by atoms with E-state index in [0.29, 0.717) is 6.04 Å². The standard InChI is InChI=1S/C9H12ClNS/c1-3-4-7(11-2)8-5-6-9(10)12-8/h3,5-7,11H,1,4H2,2H3. The lowest BCUT2D eigenvalue weighted by Gasteiger charge is -2.10. The fourth-order valence-corrected chi connectivity index (χ4v) is 2.24. The number of rotatable bonds is 4. The van der Waals surface area contributed by atoms with Crippen molar-refractivity contribution in [3.63, 3.8) is 0 Å². The molecule has 0 fully saturated rings. The molecule has 0 aliphatic carbocycles. The van der Waals surface area contributed by atoms with E-state index in [-0.39, 0.29) is 0 Å². The van der Waals surface area contributed by atoms with Crippen LogP contribution in [-0.4, -0.2) is 7.05 Å². The van der Waals surface area contributed by atoms with Gasteiger partial charge in [0, 0.05) is 10.9 Å². The molecule has 1 unspecified atom stereocenters. The minimum absolute atomic E-state index is 0.361. The molecule has 0 radical (unpaired) electrons. The van der Waals surface area contributed by atoms with Crippen molar-refractivity contribution in [3.05, 3.63) is 34.0 Å². The third kappa shape index (κ3) is 2.34. The summed E-state index contributed by atoms with van der Waals surface area (Å²) in [6, 6.07) is 4.34. The Balaban J connectivity index is 2.72. The highest BCUT2D eigenvalue weighted by molar-refractivity contribution is 7.16. The second kappa shape index (κ2) is 4.65. The summed E-state index contributed by atoms with van der Waals surface area (Å²) < 4.78 is 0.842. The molecule has 0 amide bonds. The quantitative estimate of drug-likeness (QED) is 0.738. The largest absolute Gasteiger partial charge is 0.312 e. The van der Waals surface area contributed by atoms with Crippen molar-refractivity contribution in [1.82, 2.24) is 5.32 Å².